The van der Waals surface area contributed by atoms with E-state index < -0.39 is 0 Å². The molecular formula is C53H47N2+. The highest BCUT2D eigenvalue weighted by molar-refractivity contribution is 6.08. The second-order valence-corrected chi connectivity index (χ2v) is 15.4. The first-order chi connectivity index (χ1) is 27.1. The van der Waals surface area contributed by atoms with Crippen LogP contribution in [0.3, 0.4) is 0 Å². The maximum Gasteiger partial charge on any atom is 0.210 e. The lowest BCUT2D eigenvalue weighted by molar-refractivity contribution is -0.401. The highest BCUT2D eigenvalue weighted by Crippen LogP contribution is 2.52. The Kier molecular flexibility index (Phi) is 9.12. The average molecular weight is 712 g/mol. The van der Waals surface area contributed by atoms with Gasteiger partial charge in [-0.1, -0.05) is 170 Å². The number of allylic oxidation sites excluding steroid dienone is 4. The van der Waals surface area contributed by atoms with E-state index in [0.717, 1.165) is 25.7 Å². The fourth-order valence-electron chi connectivity index (χ4n) is 9.79. The first-order valence-electron chi connectivity index (χ1n) is 19.6. The van der Waals surface area contributed by atoms with Crippen LogP contribution in [0, 0.1) is 0 Å². The van der Waals surface area contributed by atoms with Gasteiger partial charge >= 0.3 is 0 Å². The van der Waals surface area contributed by atoms with Gasteiger partial charge < -0.3 is 4.90 Å². The fourth-order valence-corrected chi connectivity index (χ4v) is 9.79. The van der Waals surface area contributed by atoms with Crippen LogP contribution in [0.25, 0.3) is 10.8 Å². The van der Waals surface area contributed by atoms with Crippen LogP contribution < -0.4 is 4.90 Å². The summed E-state index contributed by atoms with van der Waals surface area (Å²) >= 11 is 0. The Morgan fingerprint density at radius 3 is 1.55 bits per heavy atom. The third-order valence-electron chi connectivity index (χ3n) is 12.1. The number of hydrogen-bond donors (Lipinski definition) is 0. The standard InChI is InChI=1S/C53H47N2/c1-54-47-31-18-17-30-46(47)52(36-40-20-7-3-8-21-40,37-41-22-9-4-10-23-41)49(54)32-19-33-50-53(38-42-24-11-5-12-25-42,39-43-26-13-6-14-27-43)51-45-29-16-15-28-44(45)34-35-48(51)55(50)2/h3-35H,36-39H2,1-2H3/q+1. The minimum atomic E-state index is -0.307. The highest BCUT2D eigenvalue weighted by Gasteiger charge is 2.51. The van der Waals surface area contributed by atoms with Crippen molar-refractivity contribution in [1.82, 2.24) is 0 Å². The molecule has 7 aromatic rings. The van der Waals surface area contributed by atoms with Crippen LogP contribution in [0.4, 0.5) is 11.4 Å². The third kappa shape index (κ3) is 6.22. The predicted octanol–water partition coefficient (Wildman–Crippen LogP) is 11.6. The number of para-hydroxylation sites is 1. The predicted molar refractivity (Wildman–Crippen MR) is 231 cm³/mol. The molecule has 0 saturated heterocycles. The molecule has 0 aliphatic carbocycles. The molecule has 0 radical (unpaired) electrons. The number of rotatable bonds is 10. The van der Waals surface area contributed by atoms with E-state index in [9.17, 15) is 0 Å². The number of hydrogen-bond acceptors (Lipinski definition) is 1. The summed E-state index contributed by atoms with van der Waals surface area (Å²) in [7, 11) is 4.52. The molecule has 0 bridgehead atoms. The van der Waals surface area contributed by atoms with Crippen LogP contribution in [0.15, 0.2) is 206 Å². The molecule has 0 saturated carbocycles. The summed E-state index contributed by atoms with van der Waals surface area (Å²) < 4.78 is 2.47. The topological polar surface area (TPSA) is 6.25 Å². The van der Waals surface area contributed by atoms with Gasteiger partial charge in [-0.2, -0.15) is 4.58 Å². The second-order valence-electron chi connectivity index (χ2n) is 15.4. The first kappa shape index (κ1) is 34.5. The molecule has 2 aliphatic rings. The molecule has 0 spiro atoms. The van der Waals surface area contributed by atoms with E-state index in [0.29, 0.717) is 0 Å². The van der Waals surface area contributed by atoms with Crippen LogP contribution in [0.5, 0.6) is 0 Å². The summed E-state index contributed by atoms with van der Waals surface area (Å²) in [6.45, 7) is 0. The number of fused-ring (bicyclic) bond motifs is 4. The molecule has 0 amide bonds. The van der Waals surface area contributed by atoms with Gasteiger partial charge in [0.1, 0.15) is 7.05 Å². The van der Waals surface area contributed by atoms with Crippen molar-refractivity contribution in [2.45, 2.75) is 36.5 Å². The minimum Gasteiger partial charge on any atom is -0.347 e. The maximum atomic E-state index is 2.47. The zero-order chi connectivity index (χ0) is 37.2. The Morgan fingerprint density at radius 2 is 0.982 bits per heavy atom. The zero-order valence-electron chi connectivity index (χ0n) is 31.8. The van der Waals surface area contributed by atoms with E-state index in [4.69, 9.17) is 0 Å². The minimum absolute atomic E-state index is 0.255. The van der Waals surface area contributed by atoms with E-state index in [-0.39, 0.29) is 10.8 Å². The third-order valence-corrected chi connectivity index (χ3v) is 12.1. The molecule has 0 unspecified atom stereocenters. The van der Waals surface area contributed by atoms with Gasteiger partial charge in [-0.3, -0.25) is 0 Å². The summed E-state index contributed by atoms with van der Waals surface area (Å²) in [5.41, 5.74) is 12.8. The lowest BCUT2D eigenvalue weighted by Gasteiger charge is -2.33. The van der Waals surface area contributed by atoms with E-state index in [1.54, 1.807) is 0 Å². The molecule has 2 heterocycles. The zero-order valence-corrected chi connectivity index (χ0v) is 31.8. The van der Waals surface area contributed by atoms with Crippen LogP contribution in [-0.4, -0.2) is 24.4 Å². The van der Waals surface area contributed by atoms with Gasteiger partial charge in [-0.15, -0.1) is 0 Å². The summed E-state index contributed by atoms with van der Waals surface area (Å²) in [5.74, 6) is 0. The van der Waals surface area contributed by atoms with Crippen molar-refractivity contribution in [3.8, 4) is 0 Å². The Balaban J connectivity index is 1.24. The largest absolute Gasteiger partial charge is 0.347 e. The summed E-state index contributed by atoms with van der Waals surface area (Å²) in [6.07, 6.45) is 10.8. The van der Waals surface area contributed by atoms with Crippen LogP contribution in [-0.2, 0) is 36.5 Å². The molecule has 0 fully saturated rings. The molecule has 0 atom stereocenters. The van der Waals surface area contributed by atoms with E-state index in [1.165, 1.54) is 66.9 Å². The van der Waals surface area contributed by atoms with Crippen molar-refractivity contribution in [1.29, 1.82) is 0 Å². The van der Waals surface area contributed by atoms with Crippen LogP contribution in [0.1, 0.15) is 33.4 Å². The summed E-state index contributed by atoms with van der Waals surface area (Å²) in [4.78, 5) is 2.44. The lowest BCUT2D eigenvalue weighted by atomic mass is 9.67. The number of anilines is 1. The van der Waals surface area contributed by atoms with Gasteiger partial charge in [-0.05, 0) is 82.5 Å². The van der Waals surface area contributed by atoms with E-state index >= 15 is 0 Å². The van der Waals surface area contributed by atoms with E-state index in [1.807, 2.05) is 0 Å². The van der Waals surface area contributed by atoms with Gasteiger partial charge in [0, 0.05) is 41.6 Å². The molecule has 2 heteroatoms. The Bertz CT molecular complexity index is 2460. The number of benzene rings is 7. The SMILES string of the molecule is CN1C(=CC=CC2=[N+](C)c3ccc4ccccc4c3C2(Cc2ccccc2)Cc2ccccc2)C(Cc2ccccc2)(Cc2ccccc2)c2ccccc21. The Labute approximate surface area is 326 Å². The molecule has 55 heavy (non-hydrogen) atoms. The van der Waals surface area contributed by atoms with Crippen molar-refractivity contribution in [3.05, 3.63) is 239 Å². The summed E-state index contributed by atoms with van der Waals surface area (Å²) in [5, 5.41) is 2.61. The lowest BCUT2D eigenvalue weighted by Crippen LogP contribution is -2.39. The highest BCUT2D eigenvalue weighted by atomic mass is 15.2. The second kappa shape index (κ2) is 14.5. The summed E-state index contributed by atoms with van der Waals surface area (Å²) in [6, 6.07) is 66.9. The molecule has 7 aromatic carbocycles. The Morgan fingerprint density at radius 1 is 0.509 bits per heavy atom. The van der Waals surface area contributed by atoms with Crippen molar-refractivity contribution >= 4 is 27.9 Å². The molecular weight excluding hydrogens is 665 g/mol. The van der Waals surface area contributed by atoms with Crippen molar-refractivity contribution in [2.24, 2.45) is 0 Å². The number of likely N-dealkylation sites (N-methyl/N-ethyl adjacent to an activating group) is 1. The fraction of sp³-hybridized carbons (Fsp3) is 0.151. The normalized spacial score (nSPS) is 16.3. The molecule has 0 aromatic heterocycles. The smallest absolute Gasteiger partial charge is 0.210 e. The number of nitrogens with zero attached hydrogens (tertiary/aromatic N) is 2. The van der Waals surface area contributed by atoms with Gasteiger partial charge in [0.15, 0.2) is 5.71 Å². The quantitative estimate of drug-likeness (QED) is 0.128. The van der Waals surface area contributed by atoms with Crippen molar-refractivity contribution in [2.75, 3.05) is 19.0 Å². The van der Waals surface area contributed by atoms with Gasteiger partial charge in [0.25, 0.3) is 0 Å². The molecule has 2 aliphatic heterocycles. The molecule has 0 N–H and O–H groups in total. The first-order valence-corrected chi connectivity index (χ1v) is 19.6. The van der Waals surface area contributed by atoms with Crippen LogP contribution in [0.2, 0.25) is 0 Å². The molecule has 2 nitrogen and oxygen atoms in total. The average Bonchev–Trinajstić information content (AvgIpc) is 3.59. The molecule has 9 rings (SSSR count). The van der Waals surface area contributed by atoms with Crippen molar-refractivity contribution in [3.63, 3.8) is 0 Å². The van der Waals surface area contributed by atoms with Crippen LogP contribution >= 0.6 is 0 Å². The molecule has 268 valence electrons. The maximum absolute atomic E-state index is 2.47. The van der Waals surface area contributed by atoms with Gasteiger partial charge in [0.05, 0.1) is 5.41 Å². The van der Waals surface area contributed by atoms with Crippen molar-refractivity contribution < 1.29 is 4.58 Å². The Hall–Kier alpha value is -6.25. The van der Waals surface area contributed by atoms with Gasteiger partial charge in [0.2, 0.25) is 5.69 Å². The van der Waals surface area contributed by atoms with Gasteiger partial charge in [-0.25, -0.2) is 0 Å². The monoisotopic (exact) mass is 711 g/mol. The van der Waals surface area contributed by atoms with E-state index in [2.05, 4.69) is 224 Å².